The van der Waals surface area contributed by atoms with Crippen LogP contribution in [0.1, 0.15) is 47.3 Å². The van der Waals surface area contributed by atoms with E-state index >= 15 is 4.39 Å². The van der Waals surface area contributed by atoms with E-state index in [1.807, 2.05) is 54.7 Å². The van der Waals surface area contributed by atoms with Gasteiger partial charge in [-0.05, 0) is 54.4 Å². The van der Waals surface area contributed by atoms with Gasteiger partial charge >= 0.3 is 0 Å². The van der Waals surface area contributed by atoms with Crippen molar-refractivity contribution in [1.82, 2.24) is 10.2 Å². The fourth-order valence-corrected chi connectivity index (χ4v) is 5.47. The van der Waals surface area contributed by atoms with Gasteiger partial charge in [0.2, 0.25) is 0 Å². The SMILES string of the molecule is CCC=CNC(=NC)c1ccc(-c2ccc3c(c2)CN(C(=O)c2ccc(S(C)(=O)=O)c(F)c2CC)CCO3)cc1. The van der Waals surface area contributed by atoms with Crippen molar-refractivity contribution in [3.05, 3.63) is 94.9 Å². The number of nitrogens with zero attached hydrogens (tertiary/aromatic N) is 2. The van der Waals surface area contributed by atoms with E-state index < -0.39 is 20.5 Å². The molecule has 0 fully saturated rings. The van der Waals surface area contributed by atoms with Crippen molar-refractivity contribution >= 4 is 21.6 Å². The zero-order valence-electron chi connectivity index (χ0n) is 23.2. The number of ether oxygens (including phenoxy) is 1. The summed E-state index contributed by atoms with van der Waals surface area (Å²) in [6.07, 6.45) is 5.98. The van der Waals surface area contributed by atoms with Gasteiger partial charge < -0.3 is 15.0 Å². The van der Waals surface area contributed by atoms with Gasteiger partial charge in [0.25, 0.3) is 5.91 Å². The minimum Gasteiger partial charge on any atom is -0.491 e. The zero-order chi connectivity index (χ0) is 28.9. The topological polar surface area (TPSA) is 88.1 Å². The summed E-state index contributed by atoms with van der Waals surface area (Å²) in [5, 5.41) is 3.21. The van der Waals surface area contributed by atoms with E-state index in [-0.39, 0.29) is 36.6 Å². The number of amides is 1. The van der Waals surface area contributed by atoms with Crippen LogP contribution in [0.4, 0.5) is 4.39 Å². The first-order chi connectivity index (χ1) is 19.2. The van der Waals surface area contributed by atoms with Crippen LogP contribution in [0, 0.1) is 5.82 Å². The lowest BCUT2D eigenvalue weighted by atomic mass is 10.00. The third-order valence-corrected chi connectivity index (χ3v) is 7.92. The highest BCUT2D eigenvalue weighted by Gasteiger charge is 2.27. The Kier molecular flexibility index (Phi) is 9.04. The van der Waals surface area contributed by atoms with E-state index in [4.69, 9.17) is 4.74 Å². The maximum atomic E-state index is 15.1. The molecular weight excluding hydrogens is 529 g/mol. The highest BCUT2D eigenvalue weighted by atomic mass is 32.2. The lowest BCUT2D eigenvalue weighted by Crippen LogP contribution is -2.33. The molecule has 0 aliphatic carbocycles. The number of nitrogens with one attached hydrogen (secondary N) is 1. The number of amidine groups is 1. The Labute approximate surface area is 235 Å². The summed E-state index contributed by atoms with van der Waals surface area (Å²) in [7, 11) is -2.01. The van der Waals surface area contributed by atoms with Crippen LogP contribution in [-0.4, -0.2) is 51.5 Å². The highest BCUT2D eigenvalue weighted by Crippen LogP contribution is 2.31. The van der Waals surface area contributed by atoms with Crippen LogP contribution in [-0.2, 0) is 22.8 Å². The third kappa shape index (κ3) is 6.25. The number of carbonyl (C=O) groups excluding carboxylic acids is 1. The molecule has 1 N–H and O–H groups in total. The Morgan fingerprint density at radius 2 is 1.82 bits per heavy atom. The van der Waals surface area contributed by atoms with Crippen LogP contribution >= 0.6 is 0 Å². The average Bonchev–Trinajstić information content (AvgIpc) is 3.16. The molecule has 40 heavy (non-hydrogen) atoms. The number of sulfone groups is 1. The quantitative estimate of drug-likeness (QED) is 0.308. The number of halogens is 1. The number of carbonyl (C=O) groups is 1. The molecule has 9 heteroatoms. The Bertz CT molecular complexity index is 1560. The zero-order valence-corrected chi connectivity index (χ0v) is 24.0. The van der Waals surface area contributed by atoms with Crippen LogP contribution in [0.15, 0.2) is 76.8 Å². The molecule has 3 aromatic rings. The van der Waals surface area contributed by atoms with Crippen LogP contribution in [0.5, 0.6) is 5.75 Å². The molecule has 0 unspecified atom stereocenters. The molecule has 7 nitrogen and oxygen atoms in total. The summed E-state index contributed by atoms with van der Waals surface area (Å²) in [6.45, 7) is 4.65. The summed E-state index contributed by atoms with van der Waals surface area (Å²) < 4.78 is 45.0. The van der Waals surface area contributed by atoms with Crippen molar-refractivity contribution in [2.24, 2.45) is 4.99 Å². The summed E-state index contributed by atoms with van der Waals surface area (Å²) in [5.74, 6) is 0.240. The smallest absolute Gasteiger partial charge is 0.254 e. The first kappa shape index (κ1) is 29.0. The number of allylic oxidation sites excluding steroid dienone is 1. The van der Waals surface area contributed by atoms with E-state index in [1.54, 1.807) is 18.9 Å². The average molecular weight is 564 g/mol. The lowest BCUT2D eigenvalue weighted by molar-refractivity contribution is 0.0731. The molecule has 0 saturated carbocycles. The highest BCUT2D eigenvalue weighted by molar-refractivity contribution is 7.90. The van der Waals surface area contributed by atoms with E-state index in [0.717, 1.165) is 40.8 Å². The van der Waals surface area contributed by atoms with Gasteiger partial charge in [-0.2, -0.15) is 0 Å². The number of rotatable bonds is 7. The molecule has 1 heterocycles. The van der Waals surface area contributed by atoms with Crippen LogP contribution in [0.3, 0.4) is 0 Å². The monoisotopic (exact) mass is 563 g/mol. The molecule has 0 spiro atoms. The van der Waals surface area contributed by atoms with Gasteiger partial charge in [0.05, 0.1) is 6.54 Å². The summed E-state index contributed by atoms with van der Waals surface area (Å²) >= 11 is 0. The maximum absolute atomic E-state index is 15.1. The van der Waals surface area contributed by atoms with E-state index in [2.05, 4.69) is 17.2 Å². The molecule has 4 rings (SSSR count). The van der Waals surface area contributed by atoms with E-state index in [0.29, 0.717) is 12.3 Å². The minimum atomic E-state index is -3.76. The second-order valence-corrected chi connectivity index (χ2v) is 11.5. The Hall–Kier alpha value is -3.98. The number of aliphatic imine (C=N–C) groups is 1. The molecule has 1 amide bonds. The first-order valence-electron chi connectivity index (χ1n) is 13.2. The van der Waals surface area contributed by atoms with Crippen molar-refractivity contribution in [3.8, 4) is 16.9 Å². The predicted octanol–water partition coefficient (Wildman–Crippen LogP) is 5.38. The molecule has 210 valence electrons. The third-order valence-electron chi connectivity index (χ3n) is 6.81. The molecule has 0 radical (unpaired) electrons. The fraction of sp³-hybridized carbons (Fsp3) is 0.290. The number of hydrogen-bond acceptors (Lipinski definition) is 5. The van der Waals surface area contributed by atoms with Gasteiger partial charge in [-0.3, -0.25) is 9.79 Å². The normalized spacial score (nSPS) is 14.0. The van der Waals surface area contributed by atoms with Gasteiger partial charge in [-0.15, -0.1) is 0 Å². The fourth-order valence-electron chi connectivity index (χ4n) is 4.70. The number of fused-ring (bicyclic) bond motifs is 1. The Morgan fingerprint density at radius 1 is 1.10 bits per heavy atom. The maximum Gasteiger partial charge on any atom is 0.254 e. The first-order valence-corrected chi connectivity index (χ1v) is 15.1. The van der Waals surface area contributed by atoms with Crippen molar-refractivity contribution < 1.29 is 22.3 Å². The van der Waals surface area contributed by atoms with Crippen molar-refractivity contribution in [3.63, 3.8) is 0 Å². The van der Waals surface area contributed by atoms with E-state index in [1.165, 1.54) is 12.1 Å². The number of benzene rings is 3. The van der Waals surface area contributed by atoms with Crippen molar-refractivity contribution in [2.75, 3.05) is 26.5 Å². The molecule has 1 aliphatic heterocycles. The van der Waals surface area contributed by atoms with Crippen LogP contribution in [0.25, 0.3) is 11.1 Å². The molecule has 0 bridgehead atoms. The van der Waals surface area contributed by atoms with Gasteiger partial charge in [-0.25, -0.2) is 12.8 Å². The Balaban J connectivity index is 1.60. The molecule has 0 saturated heterocycles. The Morgan fingerprint density at radius 3 is 2.48 bits per heavy atom. The summed E-state index contributed by atoms with van der Waals surface area (Å²) in [5.41, 5.74) is 4.03. The summed E-state index contributed by atoms with van der Waals surface area (Å²) in [6, 6.07) is 16.5. The van der Waals surface area contributed by atoms with Crippen LogP contribution < -0.4 is 10.1 Å². The number of hydrogen-bond donors (Lipinski definition) is 1. The molecule has 1 aliphatic rings. The van der Waals surface area contributed by atoms with Crippen molar-refractivity contribution in [1.29, 1.82) is 0 Å². The predicted molar refractivity (Wildman–Crippen MR) is 156 cm³/mol. The summed E-state index contributed by atoms with van der Waals surface area (Å²) in [4.78, 5) is 19.1. The molecule has 0 aromatic heterocycles. The van der Waals surface area contributed by atoms with Gasteiger partial charge in [-0.1, -0.05) is 50.3 Å². The molecular formula is C31H34FN3O4S. The minimum absolute atomic E-state index is 0.0989. The second-order valence-electron chi connectivity index (χ2n) is 9.53. The standard InChI is InChI=1S/C31H34FN3O4S/c1-5-7-16-34-30(33-3)22-10-8-21(9-11-22)23-12-14-27-24(19-23)20-35(17-18-39-27)31(36)26-13-15-28(40(4,37)38)29(32)25(26)6-2/h7-16,19H,5-6,17-18,20H2,1-4H3,(H,33,34). The molecule has 3 aromatic carbocycles. The lowest BCUT2D eigenvalue weighted by Gasteiger charge is -2.22. The van der Waals surface area contributed by atoms with Crippen molar-refractivity contribution in [2.45, 2.75) is 38.1 Å². The van der Waals surface area contributed by atoms with Gasteiger partial charge in [0, 0.05) is 42.1 Å². The van der Waals surface area contributed by atoms with Gasteiger partial charge in [0.1, 0.15) is 28.9 Å². The van der Waals surface area contributed by atoms with E-state index in [9.17, 15) is 13.2 Å². The van der Waals surface area contributed by atoms with Gasteiger partial charge in [0.15, 0.2) is 9.84 Å². The molecule has 0 atom stereocenters. The van der Waals surface area contributed by atoms with Crippen LogP contribution in [0.2, 0.25) is 0 Å². The second kappa shape index (κ2) is 12.5. The largest absolute Gasteiger partial charge is 0.491 e.